The molecule has 54 valence electrons. The minimum atomic E-state index is 0.105. The van der Waals surface area contributed by atoms with Crippen molar-refractivity contribution in [2.24, 2.45) is 5.14 Å². The van der Waals surface area contributed by atoms with Gasteiger partial charge in [-0.1, -0.05) is 11.9 Å². The normalized spacial score (nSPS) is 9.70. The van der Waals surface area contributed by atoms with E-state index in [1.165, 1.54) is 11.3 Å². The van der Waals surface area contributed by atoms with Crippen molar-refractivity contribution in [2.45, 2.75) is 0 Å². The molecule has 0 atom stereocenters. The van der Waals surface area contributed by atoms with Crippen LogP contribution in [0.2, 0.25) is 0 Å². The Bertz CT molecular complexity index is 208. The molecule has 0 fully saturated rings. The highest BCUT2D eigenvalue weighted by Crippen LogP contribution is 2.07. The number of rotatable bonds is 3. The molecule has 0 spiro atoms. The van der Waals surface area contributed by atoms with E-state index in [2.05, 4.69) is 0 Å². The van der Waals surface area contributed by atoms with E-state index >= 15 is 0 Å². The topological polar surface area (TPSA) is 43.1 Å². The summed E-state index contributed by atoms with van der Waals surface area (Å²) in [6.45, 7) is 0. The molecule has 1 aromatic rings. The number of ketones is 1. The van der Waals surface area contributed by atoms with Crippen LogP contribution < -0.4 is 5.14 Å². The first-order valence-electron chi connectivity index (χ1n) is 2.71. The zero-order valence-electron chi connectivity index (χ0n) is 5.24. The summed E-state index contributed by atoms with van der Waals surface area (Å²) in [4.78, 5) is 11.0. The molecule has 1 aromatic heterocycles. The van der Waals surface area contributed by atoms with Crippen molar-refractivity contribution < 1.29 is 4.79 Å². The monoisotopic (exact) mass is 173 g/mol. The molecule has 4 heteroatoms. The molecule has 1 rings (SSSR count). The number of carbonyl (C=O) groups excluding carboxylic acids is 1. The van der Waals surface area contributed by atoms with Crippen LogP contribution in [0.15, 0.2) is 16.8 Å². The average Bonchev–Trinajstić information content (AvgIpc) is 2.38. The van der Waals surface area contributed by atoms with Crippen molar-refractivity contribution in [1.29, 1.82) is 0 Å². The van der Waals surface area contributed by atoms with E-state index in [1.807, 2.05) is 16.8 Å². The summed E-state index contributed by atoms with van der Waals surface area (Å²) in [5.74, 6) is 0.477. The van der Waals surface area contributed by atoms with Gasteiger partial charge in [0.05, 0.1) is 5.75 Å². The number of carbonyl (C=O) groups is 1. The number of Topliss-reactive ketones (excluding diaryl/α,β-unsaturated/α-hetero) is 1. The lowest BCUT2D eigenvalue weighted by Crippen LogP contribution is -2.02. The maximum Gasteiger partial charge on any atom is 0.174 e. The summed E-state index contributed by atoms with van der Waals surface area (Å²) >= 11 is 2.59. The van der Waals surface area contributed by atoms with Gasteiger partial charge in [0, 0.05) is 10.9 Å². The summed E-state index contributed by atoms with van der Waals surface area (Å²) in [6, 6.07) is 1.81. The molecule has 0 saturated heterocycles. The number of hydrogen-bond acceptors (Lipinski definition) is 4. The van der Waals surface area contributed by atoms with Crippen LogP contribution >= 0.6 is 23.3 Å². The predicted octanol–water partition coefficient (Wildman–Crippen LogP) is 1.54. The Hall–Kier alpha value is -0.320. The highest BCUT2D eigenvalue weighted by atomic mass is 32.2. The number of thiophene rings is 1. The van der Waals surface area contributed by atoms with E-state index in [4.69, 9.17) is 5.14 Å². The Morgan fingerprint density at radius 2 is 2.60 bits per heavy atom. The zero-order valence-corrected chi connectivity index (χ0v) is 6.87. The quantitative estimate of drug-likeness (QED) is 0.557. The summed E-state index contributed by atoms with van der Waals surface area (Å²) in [5, 5.41) is 8.85. The molecule has 1 heterocycles. The molecule has 0 radical (unpaired) electrons. The third kappa shape index (κ3) is 1.83. The van der Waals surface area contributed by atoms with Gasteiger partial charge in [-0.05, 0) is 11.4 Å². The molecule has 2 nitrogen and oxygen atoms in total. The zero-order chi connectivity index (χ0) is 7.40. The van der Waals surface area contributed by atoms with Crippen LogP contribution in [-0.4, -0.2) is 11.5 Å². The molecule has 0 saturated carbocycles. The van der Waals surface area contributed by atoms with Crippen LogP contribution in [0, 0.1) is 0 Å². The Morgan fingerprint density at radius 1 is 1.80 bits per heavy atom. The van der Waals surface area contributed by atoms with Crippen LogP contribution in [0.1, 0.15) is 10.4 Å². The molecule has 10 heavy (non-hydrogen) atoms. The first-order chi connectivity index (χ1) is 4.84. The van der Waals surface area contributed by atoms with Gasteiger partial charge < -0.3 is 0 Å². The molecular formula is C6H7NOS2. The van der Waals surface area contributed by atoms with Gasteiger partial charge in [0.2, 0.25) is 0 Å². The molecule has 0 amide bonds. The Morgan fingerprint density at radius 3 is 3.10 bits per heavy atom. The molecule has 0 aliphatic carbocycles. The second-order valence-electron chi connectivity index (χ2n) is 1.75. The molecule has 2 N–H and O–H groups in total. The van der Waals surface area contributed by atoms with Crippen molar-refractivity contribution in [3.8, 4) is 0 Å². The Kier molecular flexibility index (Phi) is 2.92. The smallest absolute Gasteiger partial charge is 0.174 e. The van der Waals surface area contributed by atoms with E-state index in [9.17, 15) is 4.79 Å². The van der Waals surface area contributed by atoms with Gasteiger partial charge in [0.15, 0.2) is 5.78 Å². The van der Waals surface area contributed by atoms with Crippen molar-refractivity contribution in [3.05, 3.63) is 22.4 Å². The number of nitrogens with two attached hydrogens (primary N) is 1. The maximum atomic E-state index is 11.0. The second kappa shape index (κ2) is 3.75. The third-order valence-corrected chi connectivity index (χ3v) is 2.17. The summed E-state index contributed by atoms with van der Waals surface area (Å²) < 4.78 is 0. The predicted molar refractivity (Wildman–Crippen MR) is 45.3 cm³/mol. The first kappa shape index (κ1) is 7.78. The van der Waals surface area contributed by atoms with Crippen LogP contribution in [-0.2, 0) is 0 Å². The minimum absolute atomic E-state index is 0.105. The van der Waals surface area contributed by atoms with E-state index < -0.39 is 0 Å². The Balaban J connectivity index is 2.59. The highest BCUT2D eigenvalue weighted by Gasteiger charge is 2.03. The van der Waals surface area contributed by atoms with Crippen LogP contribution in [0.3, 0.4) is 0 Å². The van der Waals surface area contributed by atoms with Gasteiger partial charge in [0.25, 0.3) is 0 Å². The second-order valence-corrected chi connectivity index (χ2v) is 3.15. The molecule has 0 bridgehead atoms. The lowest BCUT2D eigenvalue weighted by Gasteiger charge is -1.90. The van der Waals surface area contributed by atoms with Crippen LogP contribution in [0.25, 0.3) is 0 Å². The van der Waals surface area contributed by atoms with Crippen LogP contribution in [0.5, 0.6) is 0 Å². The van der Waals surface area contributed by atoms with Gasteiger partial charge in [-0.2, -0.15) is 11.3 Å². The maximum absolute atomic E-state index is 11.0. The average molecular weight is 173 g/mol. The van der Waals surface area contributed by atoms with Gasteiger partial charge in [0.1, 0.15) is 0 Å². The van der Waals surface area contributed by atoms with Gasteiger partial charge in [-0.15, -0.1) is 0 Å². The summed E-state index contributed by atoms with van der Waals surface area (Å²) in [5.41, 5.74) is 0.767. The third-order valence-electron chi connectivity index (χ3n) is 1.06. The van der Waals surface area contributed by atoms with Crippen molar-refractivity contribution in [1.82, 2.24) is 0 Å². The van der Waals surface area contributed by atoms with E-state index in [1.54, 1.807) is 0 Å². The SMILES string of the molecule is NSCC(=O)c1ccsc1. The highest BCUT2D eigenvalue weighted by molar-refractivity contribution is 7.97. The largest absolute Gasteiger partial charge is 0.293 e. The molecular weight excluding hydrogens is 166 g/mol. The van der Waals surface area contributed by atoms with Gasteiger partial charge in [-0.25, -0.2) is 0 Å². The van der Waals surface area contributed by atoms with Crippen molar-refractivity contribution >= 4 is 29.1 Å². The Labute approximate surface area is 67.6 Å². The van der Waals surface area contributed by atoms with E-state index in [0.717, 1.165) is 17.5 Å². The lowest BCUT2D eigenvalue weighted by atomic mass is 10.2. The van der Waals surface area contributed by atoms with Crippen molar-refractivity contribution in [2.75, 3.05) is 5.75 Å². The van der Waals surface area contributed by atoms with Gasteiger partial charge >= 0.3 is 0 Å². The summed E-state index contributed by atoms with van der Waals surface area (Å²) in [6.07, 6.45) is 0. The first-order valence-corrected chi connectivity index (χ1v) is 4.71. The van der Waals surface area contributed by atoms with Gasteiger partial charge in [-0.3, -0.25) is 9.93 Å². The van der Waals surface area contributed by atoms with E-state index in [0.29, 0.717) is 5.75 Å². The molecule has 0 unspecified atom stereocenters. The fourth-order valence-electron chi connectivity index (χ4n) is 0.582. The molecule has 0 aliphatic rings. The van der Waals surface area contributed by atoms with Crippen LogP contribution in [0.4, 0.5) is 0 Å². The standard InChI is InChI=1S/C6H7NOS2/c7-10-4-6(8)5-1-2-9-3-5/h1-3H,4,7H2. The summed E-state index contributed by atoms with van der Waals surface area (Å²) in [7, 11) is 0. The van der Waals surface area contributed by atoms with E-state index in [-0.39, 0.29) is 5.78 Å². The fourth-order valence-corrected chi connectivity index (χ4v) is 1.56. The van der Waals surface area contributed by atoms with Crippen molar-refractivity contribution in [3.63, 3.8) is 0 Å². The number of hydrogen-bond donors (Lipinski definition) is 1. The molecule has 0 aliphatic heterocycles. The fraction of sp³-hybridized carbons (Fsp3) is 0.167. The minimum Gasteiger partial charge on any atom is -0.293 e. The lowest BCUT2D eigenvalue weighted by molar-refractivity contribution is 0.102. The molecule has 0 aromatic carbocycles.